The number of carbonyl (C=O) groups is 1. The van der Waals surface area contributed by atoms with E-state index in [0.717, 1.165) is 22.4 Å². The van der Waals surface area contributed by atoms with Crippen molar-refractivity contribution in [2.45, 2.75) is 28.5 Å². The number of aromatic nitrogens is 2. The number of sulfonamides is 1. The van der Waals surface area contributed by atoms with Gasteiger partial charge in [-0.15, -0.1) is 11.8 Å². The molecule has 1 amide bonds. The van der Waals surface area contributed by atoms with Gasteiger partial charge in [0.2, 0.25) is 21.9 Å². The Kier molecular flexibility index (Phi) is 7.61. The number of hydrogen-bond donors (Lipinski definition) is 3. The van der Waals surface area contributed by atoms with Crippen molar-refractivity contribution < 1.29 is 22.3 Å². The maximum absolute atomic E-state index is 14.7. The van der Waals surface area contributed by atoms with E-state index in [-0.39, 0.29) is 27.8 Å². The van der Waals surface area contributed by atoms with Crippen molar-refractivity contribution in [3.63, 3.8) is 0 Å². The number of rotatable bonds is 8. The molecule has 40 heavy (non-hydrogen) atoms. The van der Waals surface area contributed by atoms with Crippen LogP contribution in [0.25, 0.3) is 0 Å². The van der Waals surface area contributed by atoms with Crippen LogP contribution in [-0.2, 0) is 21.4 Å². The summed E-state index contributed by atoms with van der Waals surface area (Å²) in [4.78, 5) is 24.0. The van der Waals surface area contributed by atoms with Gasteiger partial charge in [-0.3, -0.25) is 4.79 Å². The van der Waals surface area contributed by atoms with E-state index in [0.29, 0.717) is 23.6 Å². The van der Waals surface area contributed by atoms with Crippen molar-refractivity contribution in [1.82, 2.24) is 9.97 Å². The van der Waals surface area contributed by atoms with Gasteiger partial charge in [-0.1, -0.05) is 12.1 Å². The molecule has 10 nitrogen and oxygen atoms in total. The largest absolute Gasteiger partial charge is 0.497 e. The first-order valence-electron chi connectivity index (χ1n) is 12.0. The predicted octanol–water partition coefficient (Wildman–Crippen LogP) is 4.79. The van der Waals surface area contributed by atoms with Crippen LogP contribution >= 0.6 is 11.8 Å². The average molecular weight is 581 g/mol. The van der Waals surface area contributed by atoms with E-state index in [1.54, 1.807) is 24.1 Å². The van der Waals surface area contributed by atoms with Crippen molar-refractivity contribution >= 4 is 56.5 Å². The number of anilines is 5. The lowest BCUT2D eigenvalue weighted by molar-refractivity contribution is -0.118. The van der Waals surface area contributed by atoms with Crippen LogP contribution in [0.4, 0.5) is 33.2 Å². The Morgan fingerprint density at radius 1 is 1.05 bits per heavy atom. The van der Waals surface area contributed by atoms with Crippen molar-refractivity contribution in [2.75, 3.05) is 22.6 Å². The standard InChI is InChI=1S/C27H25FN6O4S2/c1-16-26(35)34(15-17-3-8-20(38-2)9-4-17)23-13-19(7-12-24(23)39-16)31-25-22(28)14-30-27(33-25)32-18-5-10-21(11-6-18)40(29,36)37/h3-14,16H,15H2,1-2H3,(H2,29,36,37)(H2,30,31,32,33). The number of nitrogens with zero attached hydrogens (tertiary/aromatic N) is 3. The van der Waals surface area contributed by atoms with Crippen molar-refractivity contribution in [1.29, 1.82) is 0 Å². The fourth-order valence-electron chi connectivity index (χ4n) is 4.07. The number of methoxy groups -OCH3 is 1. The lowest BCUT2D eigenvalue weighted by atomic mass is 10.1. The number of ether oxygens (including phenoxy) is 1. The second-order valence-electron chi connectivity index (χ2n) is 8.92. The third-order valence-corrected chi connectivity index (χ3v) is 8.20. The van der Waals surface area contributed by atoms with Crippen molar-refractivity contribution in [3.05, 3.63) is 84.3 Å². The van der Waals surface area contributed by atoms with Gasteiger partial charge in [-0.05, 0) is 67.1 Å². The Morgan fingerprint density at radius 2 is 1.75 bits per heavy atom. The molecule has 206 valence electrons. The van der Waals surface area contributed by atoms with Gasteiger partial charge in [0, 0.05) is 16.3 Å². The number of halogens is 1. The Labute approximate surface area is 234 Å². The number of fused-ring (bicyclic) bond motifs is 1. The molecule has 13 heteroatoms. The highest BCUT2D eigenvalue weighted by molar-refractivity contribution is 8.01. The van der Waals surface area contributed by atoms with E-state index in [9.17, 15) is 17.6 Å². The highest BCUT2D eigenvalue weighted by Crippen LogP contribution is 2.41. The molecule has 2 heterocycles. The van der Waals surface area contributed by atoms with E-state index in [2.05, 4.69) is 20.6 Å². The summed E-state index contributed by atoms with van der Waals surface area (Å²) >= 11 is 1.47. The second kappa shape index (κ2) is 11.1. The molecule has 1 atom stereocenters. The first-order chi connectivity index (χ1) is 19.1. The maximum Gasteiger partial charge on any atom is 0.240 e. The van der Waals surface area contributed by atoms with Gasteiger partial charge in [0.05, 0.1) is 35.7 Å². The summed E-state index contributed by atoms with van der Waals surface area (Å²) < 4.78 is 42.9. The third-order valence-electron chi connectivity index (χ3n) is 6.11. The molecule has 0 saturated heterocycles. The fourth-order valence-corrected chi connectivity index (χ4v) is 5.63. The molecule has 4 aromatic rings. The van der Waals surface area contributed by atoms with Gasteiger partial charge in [-0.2, -0.15) is 4.98 Å². The number of primary sulfonamides is 1. The van der Waals surface area contributed by atoms with Crippen LogP contribution < -0.4 is 25.4 Å². The minimum atomic E-state index is -3.83. The minimum Gasteiger partial charge on any atom is -0.497 e. The number of thioether (sulfide) groups is 1. The van der Waals surface area contributed by atoms with Gasteiger partial charge in [0.15, 0.2) is 11.6 Å². The van der Waals surface area contributed by atoms with Gasteiger partial charge in [-0.25, -0.2) is 22.9 Å². The Balaban J connectivity index is 1.38. The molecule has 1 aromatic heterocycles. The summed E-state index contributed by atoms with van der Waals surface area (Å²) in [7, 11) is -2.23. The summed E-state index contributed by atoms with van der Waals surface area (Å²) in [6.45, 7) is 2.24. The van der Waals surface area contributed by atoms with E-state index in [1.165, 1.54) is 36.0 Å². The first kappa shape index (κ1) is 27.4. The van der Waals surface area contributed by atoms with E-state index >= 15 is 0 Å². The van der Waals surface area contributed by atoms with E-state index in [4.69, 9.17) is 9.88 Å². The topological polar surface area (TPSA) is 140 Å². The van der Waals surface area contributed by atoms with Crippen LogP contribution in [0.2, 0.25) is 0 Å². The Bertz CT molecular complexity index is 1670. The molecule has 0 aliphatic carbocycles. The zero-order valence-electron chi connectivity index (χ0n) is 21.5. The molecule has 0 saturated carbocycles. The molecule has 1 unspecified atom stereocenters. The third kappa shape index (κ3) is 6.01. The molecular weight excluding hydrogens is 555 g/mol. The lowest BCUT2D eigenvalue weighted by Crippen LogP contribution is -2.39. The lowest BCUT2D eigenvalue weighted by Gasteiger charge is -2.33. The molecule has 0 bridgehead atoms. The quantitative estimate of drug-likeness (QED) is 0.268. The molecule has 3 aromatic carbocycles. The molecule has 1 aliphatic rings. The van der Waals surface area contributed by atoms with Crippen molar-refractivity contribution in [2.24, 2.45) is 5.14 Å². The molecule has 1 aliphatic heterocycles. The van der Waals surface area contributed by atoms with Gasteiger partial charge >= 0.3 is 0 Å². The second-order valence-corrected chi connectivity index (χ2v) is 11.9. The number of nitrogens with one attached hydrogen (secondary N) is 2. The summed E-state index contributed by atoms with van der Waals surface area (Å²) in [5, 5.41) is 10.8. The molecule has 0 spiro atoms. The molecule has 4 N–H and O–H groups in total. The van der Waals surface area contributed by atoms with Crippen LogP contribution in [0.1, 0.15) is 12.5 Å². The monoisotopic (exact) mass is 580 g/mol. The molecule has 5 rings (SSSR count). The number of carbonyl (C=O) groups excluding carboxylic acids is 1. The van der Waals surface area contributed by atoms with Gasteiger partial charge in [0.1, 0.15) is 5.75 Å². The number of amides is 1. The number of hydrogen-bond acceptors (Lipinski definition) is 9. The summed E-state index contributed by atoms with van der Waals surface area (Å²) in [5.41, 5.74) is 2.66. The summed E-state index contributed by atoms with van der Waals surface area (Å²) in [6.07, 6.45) is 1.02. The van der Waals surface area contributed by atoms with Gasteiger partial charge < -0.3 is 20.3 Å². The number of nitrogens with two attached hydrogens (primary N) is 1. The minimum absolute atomic E-state index is 0.0291. The highest BCUT2D eigenvalue weighted by Gasteiger charge is 2.31. The molecule has 0 fully saturated rings. The Hall–Kier alpha value is -4.20. The van der Waals surface area contributed by atoms with Crippen LogP contribution in [0, 0.1) is 5.82 Å². The van der Waals surface area contributed by atoms with Crippen LogP contribution in [0.15, 0.2) is 82.7 Å². The average Bonchev–Trinajstić information content (AvgIpc) is 2.93. The molecular formula is C27H25FN6O4S2. The first-order valence-corrected chi connectivity index (χ1v) is 14.5. The predicted molar refractivity (Wildman–Crippen MR) is 152 cm³/mol. The highest BCUT2D eigenvalue weighted by atomic mass is 32.2. The van der Waals surface area contributed by atoms with Crippen LogP contribution in [0.3, 0.4) is 0 Å². The SMILES string of the molecule is COc1ccc(CN2C(=O)C(C)Sc3ccc(Nc4nc(Nc5ccc(S(N)(=O)=O)cc5)ncc4F)cc32)cc1. The van der Waals surface area contributed by atoms with E-state index in [1.807, 2.05) is 37.3 Å². The molecule has 0 radical (unpaired) electrons. The van der Waals surface area contributed by atoms with Crippen LogP contribution in [0.5, 0.6) is 5.75 Å². The summed E-state index contributed by atoms with van der Waals surface area (Å²) in [6, 6.07) is 18.6. The fraction of sp³-hybridized carbons (Fsp3) is 0.148. The smallest absolute Gasteiger partial charge is 0.240 e. The Morgan fingerprint density at radius 3 is 2.42 bits per heavy atom. The normalized spacial score (nSPS) is 14.9. The van der Waals surface area contributed by atoms with E-state index < -0.39 is 15.8 Å². The van der Waals surface area contributed by atoms with Crippen LogP contribution in [-0.4, -0.2) is 36.7 Å². The van der Waals surface area contributed by atoms with Gasteiger partial charge in [0.25, 0.3) is 0 Å². The summed E-state index contributed by atoms with van der Waals surface area (Å²) in [5.74, 6) is 0.0285. The zero-order chi connectivity index (χ0) is 28.4. The number of benzene rings is 3. The maximum atomic E-state index is 14.7. The van der Waals surface area contributed by atoms with Crippen molar-refractivity contribution in [3.8, 4) is 5.75 Å². The zero-order valence-corrected chi connectivity index (χ0v) is 23.1.